The van der Waals surface area contributed by atoms with E-state index in [1.807, 2.05) is 13.8 Å². The van der Waals surface area contributed by atoms with Crippen LogP contribution in [-0.2, 0) is 4.74 Å². The number of pyridine rings is 1. The highest BCUT2D eigenvalue weighted by molar-refractivity contribution is 9.10. The summed E-state index contributed by atoms with van der Waals surface area (Å²) in [5.74, 6) is 0.545. The molecule has 1 amide bonds. The van der Waals surface area contributed by atoms with Crippen LogP contribution in [0.5, 0.6) is 0 Å². The van der Waals surface area contributed by atoms with Crippen LogP contribution in [0, 0.1) is 0 Å². The number of likely N-dealkylation sites (N-methyl/N-ethyl adjacent to an activating group) is 1. The molecule has 0 aromatic carbocycles. The fraction of sp³-hybridized carbons (Fsp3) is 0.538. The number of carbonyl (C=O) groups excluding carboxylic acids is 1. The first-order valence-corrected chi connectivity index (χ1v) is 7.12. The molecule has 0 fully saturated rings. The number of hydrogen-bond acceptors (Lipinski definition) is 4. The van der Waals surface area contributed by atoms with Crippen LogP contribution in [0.1, 0.15) is 24.2 Å². The second-order valence-electron chi connectivity index (χ2n) is 4.00. The lowest BCUT2D eigenvalue weighted by molar-refractivity contribution is 0.0710. The Morgan fingerprint density at radius 1 is 1.53 bits per heavy atom. The molecule has 1 heterocycles. The molecule has 106 valence electrons. The average molecular weight is 330 g/mol. The van der Waals surface area contributed by atoms with E-state index in [0.29, 0.717) is 31.1 Å². The number of hydrogen-bond donors (Lipinski definition) is 1. The highest BCUT2D eigenvalue weighted by Gasteiger charge is 2.17. The Bertz CT molecular complexity index is 426. The highest BCUT2D eigenvalue weighted by Crippen LogP contribution is 2.19. The fourth-order valence-electron chi connectivity index (χ4n) is 1.56. The van der Waals surface area contributed by atoms with Crippen molar-refractivity contribution in [1.29, 1.82) is 0 Å². The van der Waals surface area contributed by atoms with Gasteiger partial charge in [-0.25, -0.2) is 4.98 Å². The zero-order valence-electron chi connectivity index (χ0n) is 11.6. The summed E-state index contributed by atoms with van der Waals surface area (Å²) in [4.78, 5) is 18.2. The van der Waals surface area contributed by atoms with Crippen molar-refractivity contribution in [3.63, 3.8) is 0 Å². The Labute approximate surface area is 122 Å². The predicted molar refractivity (Wildman–Crippen MR) is 79.6 cm³/mol. The number of aromatic nitrogens is 1. The Hall–Kier alpha value is -1.14. The standard InChI is InChI=1S/C13H20BrN3O2/c1-4-15-12-11(8-10(14)9-16-12)13(18)17(3)6-7-19-5-2/h8-9H,4-7H2,1-3H3,(H,15,16). The third-order valence-electron chi connectivity index (χ3n) is 2.55. The Balaban J connectivity index is 2.81. The van der Waals surface area contributed by atoms with Gasteiger partial charge in [0.05, 0.1) is 12.2 Å². The quantitative estimate of drug-likeness (QED) is 0.780. The molecule has 0 aliphatic rings. The fourth-order valence-corrected chi connectivity index (χ4v) is 1.89. The summed E-state index contributed by atoms with van der Waals surface area (Å²) in [5.41, 5.74) is 0.565. The molecule has 1 rings (SSSR count). The van der Waals surface area contributed by atoms with Crippen molar-refractivity contribution in [2.75, 3.05) is 38.7 Å². The molecule has 0 atom stereocenters. The zero-order valence-corrected chi connectivity index (χ0v) is 13.2. The van der Waals surface area contributed by atoms with Crippen molar-refractivity contribution >= 4 is 27.7 Å². The van der Waals surface area contributed by atoms with Crippen LogP contribution in [-0.4, -0.2) is 49.1 Å². The second kappa shape index (κ2) is 8.12. The molecule has 1 aromatic heterocycles. The van der Waals surface area contributed by atoms with E-state index in [1.54, 1.807) is 24.2 Å². The topological polar surface area (TPSA) is 54.5 Å². The monoisotopic (exact) mass is 329 g/mol. The SMILES string of the molecule is CCNc1ncc(Br)cc1C(=O)N(C)CCOCC. The van der Waals surface area contributed by atoms with Gasteiger partial charge in [0.1, 0.15) is 5.82 Å². The van der Waals surface area contributed by atoms with Crippen LogP contribution in [0.25, 0.3) is 0 Å². The molecule has 0 radical (unpaired) electrons. The van der Waals surface area contributed by atoms with Gasteiger partial charge in [0.25, 0.3) is 5.91 Å². The molecular weight excluding hydrogens is 310 g/mol. The van der Waals surface area contributed by atoms with Gasteiger partial charge >= 0.3 is 0 Å². The Morgan fingerprint density at radius 2 is 2.26 bits per heavy atom. The van der Waals surface area contributed by atoms with Crippen molar-refractivity contribution in [1.82, 2.24) is 9.88 Å². The van der Waals surface area contributed by atoms with E-state index in [9.17, 15) is 4.79 Å². The first-order valence-electron chi connectivity index (χ1n) is 6.32. The Morgan fingerprint density at radius 3 is 2.89 bits per heavy atom. The van der Waals surface area contributed by atoms with Crippen LogP contribution >= 0.6 is 15.9 Å². The van der Waals surface area contributed by atoms with Gasteiger partial charge in [-0.1, -0.05) is 0 Å². The summed E-state index contributed by atoms with van der Waals surface area (Å²) in [6.07, 6.45) is 1.68. The molecular formula is C13H20BrN3O2. The number of nitrogens with zero attached hydrogens (tertiary/aromatic N) is 2. The van der Waals surface area contributed by atoms with Gasteiger partial charge in [-0.05, 0) is 35.8 Å². The summed E-state index contributed by atoms with van der Waals surface area (Å²) < 4.78 is 6.04. The third-order valence-corrected chi connectivity index (χ3v) is 2.98. The third kappa shape index (κ3) is 4.80. The molecule has 0 bridgehead atoms. The molecule has 6 heteroatoms. The number of anilines is 1. The molecule has 0 aliphatic carbocycles. The summed E-state index contributed by atoms with van der Waals surface area (Å²) in [7, 11) is 1.76. The molecule has 5 nitrogen and oxygen atoms in total. The summed E-state index contributed by atoms with van der Waals surface area (Å²) >= 11 is 3.34. The van der Waals surface area contributed by atoms with E-state index in [2.05, 4.69) is 26.2 Å². The number of halogens is 1. The van der Waals surface area contributed by atoms with Crippen LogP contribution in [0.4, 0.5) is 5.82 Å². The molecule has 0 saturated carbocycles. The first kappa shape index (κ1) is 15.9. The number of amides is 1. The van der Waals surface area contributed by atoms with Gasteiger partial charge in [0.2, 0.25) is 0 Å². The van der Waals surface area contributed by atoms with E-state index in [0.717, 1.165) is 11.0 Å². The van der Waals surface area contributed by atoms with E-state index in [-0.39, 0.29) is 5.91 Å². The first-order chi connectivity index (χ1) is 9.10. The van der Waals surface area contributed by atoms with Gasteiger partial charge in [-0.3, -0.25) is 4.79 Å². The summed E-state index contributed by atoms with van der Waals surface area (Å²) in [6, 6.07) is 1.78. The van der Waals surface area contributed by atoms with E-state index in [1.165, 1.54) is 0 Å². The van der Waals surface area contributed by atoms with Gasteiger partial charge in [0, 0.05) is 37.4 Å². The Kier molecular flexibility index (Phi) is 6.80. The lowest BCUT2D eigenvalue weighted by Gasteiger charge is -2.19. The highest BCUT2D eigenvalue weighted by atomic mass is 79.9. The van der Waals surface area contributed by atoms with Crippen molar-refractivity contribution in [3.05, 3.63) is 22.3 Å². The molecule has 0 aliphatic heterocycles. The minimum atomic E-state index is -0.0653. The van der Waals surface area contributed by atoms with Crippen LogP contribution in [0.15, 0.2) is 16.7 Å². The molecule has 0 spiro atoms. The van der Waals surface area contributed by atoms with Crippen molar-refractivity contribution in [2.24, 2.45) is 0 Å². The smallest absolute Gasteiger partial charge is 0.257 e. The van der Waals surface area contributed by atoms with Crippen molar-refractivity contribution < 1.29 is 9.53 Å². The van der Waals surface area contributed by atoms with Gasteiger partial charge < -0.3 is 15.0 Å². The maximum atomic E-state index is 12.4. The number of nitrogens with one attached hydrogen (secondary N) is 1. The molecule has 1 N–H and O–H groups in total. The van der Waals surface area contributed by atoms with E-state index >= 15 is 0 Å². The molecule has 1 aromatic rings. The van der Waals surface area contributed by atoms with Gasteiger partial charge in [0.15, 0.2) is 0 Å². The number of carbonyl (C=O) groups is 1. The zero-order chi connectivity index (χ0) is 14.3. The molecule has 0 unspecified atom stereocenters. The molecule has 19 heavy (non-hydrogen) atoms. The average Bonchev–Trinajstić information content (AvgIpc) is 2.40. The number of rotatable bonds is 7. The van der Waals surface area contributed by atoms with E-state index in [4.69, 9.17) is 4.74 Å². The minimum Gasteiger partial charge on any atom is -0.380 e. The molecule has 0 saturated heterocycles. The maximum Gasteiger partial charge on any atom is 0.257 e. The van der Waals surface area contributed by atoms with Gasteiger partial charge in [-0.15, -0.1) is 0 Å². The van der Waals surface area contributed by atoms with Crippen LogP contribution in [0.2, 0.25) is 0 Å². The lowest BCUT2D eigenvalue weighted by atomic mass is 10.2. The van der Waals surface area contributed by atoms with Gasteiger partial charge in [-0.2, -0.15) is 0 Å². The maximum absolute atomic E-state index is 12.4. The number of ether oxygens (including phenoxy) is 1. The van der Waals surface area contributed by atoms with Crippen LogP contribution < -0.4 is 5.32 Å². The normalized spacial score (nSPS) is 10.3. The largest absolute Gasteiger partial charge is 0.380 e. The van der Waals surface area contributed by atoms with Crippen LogP contribution in [0.3, 0.4) is 0 Å². The van der Waals surface area contributed by atoms with Crippen molar-refractivity contribution in [2.45, 2.75) is 13.8 Å². The lowest BCUT2D eigenvalue weighted by Crippen LogP contribution is -2.31. The summed E-state index contributed by atoms with van der Waals surface area (Å²) in [5, 5.41) is 3.10. The van der Waals surface area contributed by atoms with Crippen molar-refractivity contribution in [3.8, 4) is 0 Å². The second-order valence-corrected chi connectivity index (χ2v) is 4.92. The van der Waals surface area contributed by atoms with E-state index < -0.39 is 0 Å². The predicted octanol–water partition coefficient (Wildman–Crippen LogP) is 2.38. The minimum absolute atomic E-state index is 0.0653. The summed E-state index contributed by atoms with van der Waals surface area (Å²) in [6.45, 7) is 6.38.